The van der Waals surface area contributed by atoms with Gasteiger partial charge in [-0.05, 0) is 64.2 Å². The van der Waals surface area contributed by atoms with Crippen LogP contribution in [-0.4, -0.2) is 80.6 Å². The maximum atomic E-state index is 12.7. The zero-order chi connectivity index (χ0) is 40.7. The summed E-state index contributed by atoms with van der Waals surface area (Å²) in [6, 6.07) is -0.616. The molecule has 0 rings (SSSR count). The standard InChI is InChI=1S/C47H83NO7/c1-6-8-10-12-14-16-18-19-20-21-22-23-24-25-26-28-30-32-34-36-38-46(50)55-43(41-53-40-39-44(47(51)52)48(3,4)5)42-54-45(49)37-35-33-31-29-27-17-15-13-11-9-7-2/h8,10,13-16,19-20,43-44H,6-7,9,11-12,17-18,21-42H2,1-5H3/p+1/b10-8+,15-13+,16-14+,20-19+. The van der Waals surface area contributed by atoms with Crippen molar-refractivity contribution >= 4 is 17.9 Å². The van der Waals surface area contributed by atoms with E-state index in [9.17, 15) is 19.5 Å². The Morgan fingerprint density at radius 1 is 0.564 bits per heavy atom. The molecule has 2 unspecified atom stereocenters. The maximum absolute atomic E-state index is 12.7. The van der Waals surface area contributed by atoms with Crippen LogP contribution >= 0.6 is 0 Å². The average Bonchev–Trinajstić information content (AvgIpc) is 3.14. The summed E-state index contributed by atoms with van der Waals surface area (Å²) < 4.78 is 17.3. The molecule has 0 aromatic rings. The lowest BCUT2D eigenvalue weighted by molar-refractivity contribution is -0.887. The second-order valence-corrected chi connectivity index (χ2v) is 15.9. The van der Waals surface area contributed by atoms with Crippen molar-refractivity contribution in [1.82, 2.24) is 0 Å². The maximum Gasteiger partial charge on any atom is 0.362 e. The number of rotatable bonds is 39. The summed E-state index contributed by atoms with van der Waals surface area (Å²) in [5.41, 5.74) is 0. The van der Waals surface area contributed by atoms with Crippen LogP contribution in [0.4, 0.5) is 0 Å². The molecule has 0 fully saturated rings. The van der Waals surface area contributed by atoms with E-state index in [1.54, 1.807) is 0 Å². The third-order valence-corrected chi connectivity index (χ3v) is 9.71. The lowest BCUT2D eigenvalue weighted by atomic mass is 10.0. The molecular formula is C47H84NO7+. The number of nitrogens with zero attached hydrogens (tertiary/aromatic N) is 1. The van der Waals surface area contributed by atoms with Crippen molar-refractivity contribution in [3.8, 4) is 0 Å². The van der Waals surface area contributed by atoms with Gasteiger partial charge in [0.2, 0.25) is 0 Å². The van der Waals surface area contributed by atoms with Gasteiger partial charge < -0.3 is 23.8 Å². The topological polar surface area (TPSA) is 99.1 Å². The zero-order valence-electron chi connectivity index (χ0n) is 36.1. The van der Waals surface area contributed by atoms with E-state index in [0.29, 0.717) is 19.3 Å². The minimum Gasteiger partial charge on any atom is -0.477 e. The fourth-order valence-corrected chi connectivity index (χ4v) is 6.26. The lowest BCUT2D eigenvalue weighted by Crippen LogP contribution is -2.50. The summed E-state index contributed by atoms with van der Waals surface area (Å²) in [6.07, 6.45) is 44.4. The summed E-state index contributed by atoms with van der Waals surface area (Å²) in [7, 11) is 5.52. The fraction of sp³-hybridized carbons (Fsp3) is 0.766. The predicted octanol–water partition coefficient (Wildman–Crippen LogP) is 12.0. The van der Waals surface area contributed by atoms with Gasteiger partial charge in [0.25, 0.3) is 0 Å². The number of carboxylic acids is 1. The van der Waals surface area contributed by atoms with E-state index in [2.05, 4.69) is 62.5 Å². The van der Waals surface area contributed by atoms with Crippen molar-refractivity contribution in [3.63, 3.8) is 0 Å². The number of allylic oxidation sites excluding steroid dienone is 8. The van der Waals surface area contributed by atoms with Crippen molar-refractivity contribution < 1.29 is 38.2 Å². The highest BCUT2D eigenvalue weighted by Crippen LogP contribution is 2.14. The van der Waals surface area contributed by atoms with E-state index in [4.69, 9.17) is 14.2 Å². The smallest absolute Gasteiger partial charge is 0.362 e. The van der Waals surface area contributed by atoms with Crippen LogP contribution in [0.15, 0.2) is 48.6 Å². The van der Waals surface area contributed by atoms with E-state index in [0.717, 1.165) is 70.6 Å². The minimum absolute atomic E-state index is 0.0567. The molecule has 55 heavy (non-hydrogen) atoms. The highest BCUT2D eigenvalue weighted by Gasteiger charge is 2.31. The molecule has 0 amide bonds. The van der Waals surface area contributed by atoms with Crippen LogP contribution in [0.3, 0.4) is 0 Å². The molecule has 0 aromatic heterocycles. The summed E-state index contributed by atoms with van der Waals surface area (Å²) in [6.45, 7) is 4.57. The van der Waals surface area contributed by atoms with Gasteiger partial charge in [0, 0.05) is 19.3 Å². The first kappa shape index (κ1) is 52.3. The molecule has 2 atom stereocenters. The molecule has 0 aliphatic heterocycles. The Morgan fingerprint density at radius 2 is 1.02 bits per heavy atom. The SMILES string of the molecule is CC/C=C/C/C=C/C/C=C/CCCCCCCCCCCCC(=O)OC(COCCC(C(=O)O)[N+](C)(C)C)COC(=O)CCCCCCC/C=C/CCCC. The van der Waals surface area contributed by atoms with E-state index < -0.39 is 18.1 Å². The van der Waals surface area contributed by atoms with Crippen molar-refractivity contribution in [3.05, 3.63) is 48.6 Å². The highest BCUT2D eigenvalue weighted by atomic mass is 16.6. The predicted molar refractivity (Wildman–Crippen MR) is 229 cm³/mol. The van der Waals surface area contributed by atoms with Crippen LogP contribution in [0.25, 0.3) is 0 Å². The van der Waals surface area contributed by atoms with Crippen LogP contribution in [-0.2, 0) is 28.6 Å². The number of hydrogen-bond donors (Lipinski definition) is 1. The Labute approximate surface area is 337 Å². The number of aliphatic carboxylic acids is 1. The molecule has 0 aliphatic carbocycles. The molecule has 0 spiro atoms. The van der Waals surface area contributed by atoms with Gasteiger partial charge in [0.1, 0.15) is 6.61 Å². The number of ether oxygens (including phenoxy) is 3. The number of esters is 2. The molecule has 0 aliphatic rings. The molecule has 0 saturated heterocycles. The molecule has 1 N–H and O–H groups in total. The van der Waals surface area contributed by atoms with Gasteiger partial charge in [-0.25, -0.2) is 4.79 Å². The number of carbonyl (C=O) groups is 3. The van der Waals surface area contributed by atoms with Crippen LogP contribution in [0, 0.1) is 0 Å². The Kier molecular flexibility index (Phi) is 36.3. The third-order valence-electron chi connectivity index (χ3n) is 9.71. The molecular weight excluding hydrogens is 691 g/mol. The number of quaternary nitrogens is 1. The van der Waals surface area contributed by atoms with Crippen molar-refractivity contribution in [2.45, 2.75) is 193 Å². The van der Waals surface area contributed by atoms with Gasteiger partial charge in [-0.15, -0.1) is 0 Å². The Morgan fingerprint density at radius 3 is 1.53 bits per heavy atom. The molecule has 0 saturated carbocycles. The highest BCUT2D eigenvalue weighted by molar-refractivity contribution is 5.72. The number of unbranched alkanes of at least 4 members (excludes halogenated alkanes) is 17. The van der Waals surface area contributed by atoms with Crippen molar-refractivity contribution in [2.75, 3.05) is 41.0 Å². The first-order chi connectivity index (χ1) is 26.6. The second kappa shape index (κ2) is 38.2. The zero-order valence-corrected chi connectivity index (χ0v) is 36.1. The van der Waals surface area contributed by atoms with Gasteiger partial charge in [0.05, 0.1) is 34.4 Å². The summed E-state index contributed by atoms with van der Waals surface area (Å²) in [5, 5.41) is 9.61. The van der Waals surface area contributed by atoms with E-state index >= 15 is 0 Å². The molecule has 8 nitrogen and oxygen atoms in total. The molecule has 318 valence electrons. The number of likely N-dealkylation sites (N-methyl/N-ethyl adjacent to an activating group) is 1. The Bertz CT molecular complexity index is 1040. The van der Waals surface area contributed by atoms with Gasteiger partial charge in [-0.1, -0.05) is 146 Å². The lowest BCUT2D eigenvalue weighted by Gasteiger charge is -2.31. The quantitative estimate of drug-likeness (QED) is 0.0287. The summed E-state index contributed by atoms with van der Waals surface area (Å²) >= 11 is 0. The summed E-state index contributed by atoms with van der Waals surface area (Å²) in [4.78, 5) is 36.9. The Balaban J connectivity index is 4.30. The van der Waals surface area contributed by atoms with E-state index in [1.807, 2.05) is 21.1 Å². The van der Waals surface area contributed by atoms with Crippen LogP contribution in [0.2, 0.25) is 0 Å². The van der Waals surface area contributed by atoms with Gasteiger partial charge >= 0.3 is 17.9 Å². The van der Waals surface area contributed by atoms with Gasteiger partial charge in [0.15, 0.2) is 12.1 Å². The number of carboxylic acid groups (broad SMARTS) is 1. The van der Waals surface area contributed by atoms with Crippen molar-refractivity contribution in [1.29, 1.82) is 0 Å². The minimum atomic E-state index is -0.878. The van der Waals surface area contributed by atoms with E-state index in [-0.39, 0.29) is 36.2 Å². The second-order valence-electron chi connectivity index (χ2n) is 15.9. The third kappa shape index (κ3) is 36.7. The first-order valence-electron chi connectivity index (χ1n) is 22.2. The normalized spacial score (nSPS) is 13.4. The Hall–Kier alpha value is -2.71. The fourth-order valence-electron chi connectivity index (χ4n) is 6.26. The monoisotopic (exact) mass is 775 g/mol. The molecule has 8 heteroatoms. The largest absolute Gasteiger partial charge is 0.477 e. The summed E-state index contributed by atoms with van der Waals surface area (Å²) in [5.74, 6) is -1.49. The van der Waals surface area contributed by atoms with E-state index in [1.165, 1.54) is 77.0 Å². The number of carbonyl (C=O) groups excluding carboxylic acids is 2. The molecule has 0 heterocycles. The average molecular weight is 775 g/mol. The number of hydrogen-bond acceptors (Lipinski definition) is 6. The van der Waals surface area contributed by atoms with Gasteiger partial charge in [-0.2, -0.15) is 0 Å². The molecule has 0 bridgehead atoms. The first-order valence-corrected chi connectivity index (χ1v) is 22.2. The van der Waals surface area contributed by atoms with Gasteiger partial charge in [-0.3, -0.25) is 9.59 Å². The molecule has 0 aromatic carbocycles. The van der Waals surface area contributed by atoms with Crippen LogP contribution < -0.4 is 0 Å². The van der Waals surface area contributed by atoms with Crippen LogP contribution in [0.1, 0.15) is 181 Å². The van der Waals surface area contributed by atoms with Crippen LogP contribution in [0.5, 0.6) is 0 Å². The molecule has 0 radical (unpaired) electrons. The van der Waals surface area contributed by atoms with Crippen molar-refractivity contribution in [2.24, 2.45) is 0 Å².